The third-order valence-electron chi connectivity index (χ3n) is 5.42. The van der Waals surface area contributed by atoms with Gasteiger partial charge in [-0.15, -0.1) is 0 Å². The monoisotopic (exact) mass is 412 g/mol. The maximum atomic E-state index is 12.9. The van der Waals surface area contributed by atoms with E-state index in [-0.39, 0.29) is 17.7 Å². The highest BCUT2D eigenvalue weighted by Crippen LogP contribution is 2.38. The zero-order valence-corrected chi connectivity index (χ0v) is 17.0. The summed E-state index contributed by atoms with van der Waals surface area (Å²) in [5, 5.41) is 18.7. The Balaban J connectivity index is 1.59. The van der Waals surface area contributed by atoms with Gasteiger partial charge in [-0.1, -0.05) is 48.7 Å². The lowest BCUT2D eigenvalue weighted by molar-refractivity contribution is -0.119. The fraction of sp³-hybridized carbons (Fsp3) is 0.364. The second-order valence-corrected chi connectivity index (χ2v) is 7.90. The average molecular weight is 413 g/mol. The molecule has 6 nitrogen and oxygen atoms in total. The number of rotatable bonds is 4. The number of carbonyl (C=O) groups excluding carboxylic acids is 1. The number of amides is 1. The number of nitrogens with zero attached hydrogens (tertiary/aromatic N) is 3. The molecule has 1 amide bonds. The van der Waals surface area contributed by atoms with Crippen LogP contribution >= 0.6 is 11.6 Å². The van der Waals surface area contributed by atoms with E-state index in [1.165, 1.54) is 12.8 Å². The van der Waals surface area contributed by atoms with Crippen molar-refractivity contribution in [1.29, 1.82) is 0 Å². The molecule has 2 N–H and O–H groups in total. The van der Waals surface area contributed by atoms with E-state index >= 15 is 0 Å². The van der Waals surface area contributed by atoms with E-state index in [1.807, 2.05) is 46.4 Å². The number of hydrogen-bond acceptors (Lipinski definition) is 5. The number of benzene rings is 2. The Kier molecular flexibility index (Phi) is 6.02. The minimum absolute atomic E-state index is 0.162. The Morgan fingerprint density at radius 3 is 2.41 bits per heavy atom. The molecule has 2 aromatic rings. The Labute approximate surface area is 175 Å². The quantitative estimate of drug-likeness (QED) is 0.787. The van der Waals surface area contributed by atoms with E-state index in [0.29, 0.717) is 17.2 Å². The number of phenolic OH excluding ortho intramolecular Hbond substituents is 1. The Hall–Kier alpha value is -2.57. The van der Waals surface area contributed by atoms with Gasteiger partial charge in [0, 0.05) is 19.5 Å². The van der Waals surface area contributed by atoms with Gasteiger partial charge in [0.2, 0.25) is 0 Å². The first-order valence-corrected chi connectivity index (χ1v) is 10.5. The lowest BCUT2D eigenvalue weighted by Gasteiger charge is -2.24. The minimum atomic E-state index is -0.166. The van der Waals surface area contributed by atoms with Crippen molar-refractivity contribution >= 4 is 28.9 Å². The summed E-state index contributed by atoms with van der Waals surface area (Å²) < 4.78 is 0. The van der Waals surface area contributed by atoms with Crippen LogP contribution in [0, 0.1) is 0 Å². The molecule has 0 bridgehead atoms. The van der Waals surface area contributed by atoms with E-state index in [2.05, 4.69) is 10.5 Å². The Bertz CT molecular complexity index is 892. The molecule has 2 heterocycles. The maximum absolute atomic E-state index is 12.9. The molecule has 7 heteroatoms. The molecule has 1 saturated heterocycles. The van der Waals surface area contributed by atoms with Crippen LogP contribution in [0.5, 0.6) is 5.75 Å². The smallest absolute Gasteiger partial charge is 0.281 e. The van der Waals surface area contributed by atoms with Crippen molar-refractivity contribution < 1.29 is 9.90 Å². The summed E-state index contributed by atoms with van der Waals surface area (Å²) in [5.41, 5.74) is 5.23. The molecule has 152 valence electrons. The van der Waals surface area contributed by atoms with Crippen LogP contribution in [-0.2, 0) is 4.79 Å². The van der Waals surface area contributed by atoms with Crippen molar-refractivity contribution in [2.75, 3.05) is 18.1 Å². The fourth-order valence-corrected chi connectivity index (χ4v) is 4.08. The molecule has 0 aromatic heterocycles. The molecule has 2 aliphatic rings. The van der Waals surface area contributed by atoms with Crippen LogP contribution in [0.15, 0.2) is 53.6 Å². The zero-order valence-electron chi connectivity index (χ0n) is 16.2. The van der Waals surface area contributed by atoms with E-state index in [0.717, 1.165) is 37.2 Å². The first-order chi connectivity index (χ1) is 14.1. The van der Waals surface area contributed by atoms with Gasteiger partial charge in [0.1, 0.15) is 11.5 Å². The number of phenols is 1. The topological polar surface area (TPSA) is 68.2 Å². The molecule has 4 rings (SSSR count). The van der Waals surface area contributed by atoms with Gasteiger partial charge in [-0.2, -0.15) is 5.10 Å². The molecule has 0 saturated carbocycles. The standard InChI is InChI=1S/C22H25ClN4O2/c23-18-7-3-4-8-20(18)27-21(16-9-11-17(28)12-10-16)15-19(24-27)22(29)25-26-13-5-1-2-6-14-26/h3-4,7-12,21,28H,1-2,5-6,13-15H2,(H,25,29). The van der Waals surface area contributed by atoms with Crippen LogP contribution in [0.3, 0.4) is 0 Å². The first kappa shape index (κ1) is 19.7. The molecule has 0 radical (unpaired) electrons. The van der Waals surface area contributed by atoms with Gasteiger partial charge >= 0.3 is 0 Å². The highest BCUT2D eigenvalue weighted by molar-refractivity contribution is 6.40. The third kappa shape index (κ3) is 4.54. The van der Waals surface area contributed by atoms with Crippen LogP contribution in [0.4, 0.5) is 5.69 Å². The fourth-order valence-electron chi connectivity index (χ4n) is 3.85. The summed E-state index contributed by atoms with van der Waals surface area (Å²) in [6.45, 7) is 1.74. The summed E-state index contributed by atoms with van der Waals surface area (Å²) in [7, 11) is 0. The molecular formula is C22H25ClN4O2. The summed E-state index contributed by atoms with van der Waals surface area (Å²) in [6, 6.07) is 14.3. The van der Waals surface area contributed by atoms with Crippen LogP contribution in [-0.4, -0.2) is 34.8 Å². The van der Waals surface area contributed by atoms with Crippen molar-refractivity contribution in [2.45, 2.75) is 38.1 Å². The Morgan fingerprint density at radius 1 is 1.03 bits per heavy atom. The normalized spacial score (nSPS) is 20.2. The number of hydrogen-bond donors (Lipinski definition) is 2. The molecular weight excluding hydrogens is 388 g/mol. The number of carbonyl (C=O) groups is 1. The van der Waals surface area contributed by atoms with Gasteiger partial charge in [0.25, 0.3) is 5.91 Å². The van der Waals surface area contributed by atoms with E-state index < -0.39 is 0 Å². The molecule has 0 aliphatic carbocycles. The van der Waals surface area contributed by atoms with E-state index in [1.54, 1.807) is 12.1 Å². The van der Waals surface area contributed by atoms with Crippen LogP contribution in [0.25, 0.3) is 0 Å². The number of aromatic hydroxyl groups is 1. The van der Waals surface area contributed by atoms with Crippen LogP contribution in [0.1, 0.15) is 43.7 Å². The predicted octanol–water partition coefficient (Wildman–Crippen LogP) is 4.26. The molecule has 0 spiro atoms. The second kappa shape index (κ2) is 8.84. The predicted molar refractivity (Wildman–Crippen MR) is 115 cm³/mol. The summed E-state index contributed by atoms with van der Waals surface area (Å²) in [6.07, 6.45) is 5.06. The highest BCUT2D eigenvalue weighted by Gasteiger charge is 2.33. The van der Waals surface area contributed by atoms with Crippen LogP contribution < -0.4 is 10.4 Å². The van der Waals surface area contributed by atoms with Crippen molar-refractivity contribution in [2.24, 2.45) is 5.10 Å². The van der Waals surface area contributed by atoms with Gasteiger partial charge in [-0.05, 0) is 42.7 Å². The number of nitrogens with one attached hydrogen (secondary N) is 1. The van der Waals surface area contributed by atoms with Gasteiger partial charge in [-0.3, -0.25) is 15.2 Å². The van der Waals surface area contributed by atoms with E-state index in [9.17, 15) is 9.90 Å². The Morgan fingerprint density at radius 2 is 1.72 bits per heavy atom. The van der Waals surface area contributed by atoms with Gasteiger partial charge in [-0.25, -0.2) is 5.01 Å². The molecule has 2 aromatic carbocycles. The van der Waals surface area contributed by atoms with Crippen molar-refractivity contribution in [3.8, 4) is 5.75 Å². The number of halogens is 1. The molecule has 1 fully saturated rings. The minimum Gasteiger partial charge on any atom is -0.508 e. The highest BCUT2D eigenvalue weighted by atomic mass is 35.5. The molecule has 1 unspecified atom stereocenters. The second-order valence-electron chi connectivity index (χ2n) is 7.50. The zero-order chi connectivity index (χ0) is 20.2. The number of anilines is 1. The molecule has 2 aliphatic heterocycles. The first-order valence-electron chi connectivity index (χ1n) is 10.1. The van der Waals surface area contributed by atoms with Gasteiger partial charge in [0.15, 0.2) is 0 Å². The lowest BCUT2D eigenvalue weighted by Crippen LogP contribution is -2.45. The summed E-state index contributed by atoms with van der Waals surface area (Å²) >= 11 is 6.42. The van der Waals surface area contributed by atoms with Gasteiger partial charge < -0.3 is 5.11 Å². The summed E-state index contributed by atoms with van der Waals surface area (Å²) in [5.74, 6) is 0.0429. The largest absolute Gasteiger partial charge is 0.508 e. The summed E-state index contributed by atoms with van der Waals surface area (Å²) in [4.78, 5) is 12.9. The molecule has 29 heavy (non-hydrogen) atoms. The maximum Gasteiger partial charge on any atom is 0.281 e. The molecule has 1 atom stereocenters. The number of hydrazone groups is 1. The van der Waals surface area contributed by atoms with Crippen molar-refractivity contribution in [3.63, 3.8) is 0 Å². The average Bonchev–Trinajstić information content (AvgIpc) is 3.00. The van der Waals surface area contributed by atoms with Crippen molar-refractivity contribution in [3.05, 3.63) is 59.1 Å². The van der Waals surface area contributed by atoms with E-state index in [4.69, 9.17) is 11.6 Å². The SMILES string of the molecule is O=C(NN1CCCCCC1)C1=NN(c2ccccc2Cl)C(c2ccc(O)cc2)C1. The lowest BCUT2D eigenvalue weighted by atomic mass is 10.0. The third-order valence-corrected chi connectivity index (χ3v) is 5.73. The van der Waals surface area contributed by atoms with Gasteiger partial charge in [0.05, 0.1) is 16.8 Å². The number of para-hydroxylation sites is 1. The van der Waals surface area contributed by atoms with Crippen LogP contribution in [0.2, 0.25) is 5.02 Å². The van der Waals surface area contributed by atoms with Crippen molar-refractivity contribution in [1.82, 2.24) is 10.4 Å². The number of hydrazine groups is 1.